The van der Waals surface area contributed by atoms with E-state index >= 15 is 0 Å². The fourth-order valence-electron chi connectivity index (χ4n) is 3.27. The minimum atomic E-state index is -0.510. The van der Waals surface area contributed by atoms with Crippen molar-refractivity contribution in [2.45, 2.75) is 13.8 Å². The monoisotopic (exact) mass is 511 g/mol. The second kappa shape index (κ2) is 9.50. The molecule has 0 aromatic heterocycles. The number of hydrogen-bond acceptors (Lipinski definition) is 6. The molecule has 1 N–H and O–H groups in total. The molecule has 0 atom stereocenters. The molecule has 4 rings (SSSR count). The number of ether oxygens (including phenoxy) is 3. The number of amidine groups is 2. The van der Waals surface area contributed by atoms with E-state index in [1.807, 2.05) is 31.2 Å². The third-order valence-corrected chi connectivity index (χ3v) is 5.45. The number of hydroxylamine groups is 2. The van der Waals surface area contributed by atoms with Gasteiger partial charge in [-0.05, 0) is 65.7 Å². The van der Waals surface area contributed by atoms with E-state index in [0.717, 1.165) is 5.75 Å². The number of hydrogen-bond donors (Lipinski definition) is 1. The highest BCUT2D eigenvalue weighted by molar-refractivity contribution is 9.10. The molecule has 0 fully saturated rings. The van der Waals surface area contributed by atoms with Crippen LogP contribution < -0.4 is 14.2 Å². The van der Waals surface area contributed by atoms with Gasteiger partial charge in [-0.25, -0.2) is 0 Å². The van der Waals surface area contributed by atoms with Crippen molar-refractivity contribution in [3.05, 3.63) is 69.4 Å². The number of nitrogens with zero attached hydrogens (tertiary/aromatic N) is 2. The molecule has 33 heavy (non-hydrogen) atoms. The maximum atomic E-state index is 12.5. The first kappa shape index (κ1) is 22.6. The van der Waals surface area contributed by atoms with Gasteiger partial charge < -0.3 is 19.0 Å². The van der Waals surface area contributed by atoms with Crippen LogP contribution in [-0.2, 0) is 9.63 Å². The van der Waals surface area contributed by atoms with E-state index in [-0.39, 0.29) is 11.4 Å². The van der Waals surface area contributed by atoms with E-state index in [1.165, 1.54) is 17.7 Å². The summed E-state index contributed by atoms with van der Waals surface area (Å²) in [6, 6.07) is 11.3. The zero-order chi connectivity index (χ0) is 23.5. The second-order valence-corrected chi connectivity index (χ2v) is 8.22. The fourth-order valence-corrected chi connectivity index (χ4v) is 3.84. The van der Waals surface area contributed by atoms with Crippen LogP contribution in [0.15, 0.2) is 63.3 Å². The average Bonchev–Trinajstić information content (AvgIpc) is 3.16. The van der Waals surface area contributed by atoms with Crippen molar-refractivity contribution in [1.29, 1.82) is 5.41 Å². The van der Waals surface area contributed by atoms with Crippen LogP contribution in [0.4, 0.5) is 0 Å². The van der Waals surface area contributed by atoms with Gasteiger partial charge in [-0.3, -0.25) is 10.2 Å². The lowest BCUT2D eigenvalue weighted by molar-refractivity contribution is -0.114. The van der Waals surface area contributed by atoms with E-state index in [1.54, 1.807) is 31.2 Å². The number of nitrogens with one attached hydrogen (secondary N) is 1. The highest BCUT2D eigenvalue weighted by Gasteiger charge is 2.34. The van der Waals surface area contributed by atoms with Crippen molar-refractivity contribution in [3.8, 4) is 17.2 Å². The summed E-state index contributed by atoms with van der Waals surface area (Å²) in [7, 11) is 1.53. The van der Waals surface area contributed by atoms with E-state index in [2.05, 4.69) is 20.9 Å². The zero-order valence-corrected chi connectivity index (χ0v) is 19.9. The highest BCUT2D eigenvalue weighted by Crippen LogP contribution is 2.37. The SMILES string of the molecule is COc1cc(/C=C2\C(=N)N3OC(C)=CC3=NC2=O)cc(Br)c1OCCOc1ccc(C)cc1. The van der Waals surface area contributed by atoms with Crippen LogP contribution >= 0.6 is 15.9 Å². The first-order chi connectivity index (χ1) is 15.9. The van der Waals surface area contributed by atoms with Gasteiger partial charge in [0, 0.05) is 6.08 Å². The summed E-state index contributed by atoms with van der Waals surface area (Å²) < 4.78 is 17.7. The van der Waals surface area contributed by atoms with E-state index in [0.29, 0.717) is 46.3 Å². The first-order valence-corrected chi connectivity index (χ1v) is 10.9. The van der Waals surface area contributed by atoms with Gasteiger partial charge in [-0.1, -0.05) is 17.7 Å². The van der Waals surface area contributed by atoms with Gasteiger partial charge in [-0.15, -0.1) is 5.06 Å². The minimum Gasteiger partial charge on any atom is -0.493 e. The lowest BCUT2D eigenvalue weighted by Gasteiger charge is -2.23. The van der Waals surface area contributed by atoms with Gasteiger partial charge in [-0.2, -0.15) is 4.99 Å². The molecule has 2 heterocycles. The van der Waals surface area contributed by atoms with Crippen LogP contribution in [0.3, 0.4) is 0 Å². The molecule has 9 heteroatoms. The van der Waals surface area contributed by atoms with Gasteiger partial charge >= 0.3 is 0 Å². The van der Waals surface area contributed by atoms with Crippen LogP contribution in [0.5, 0.6) is 17.2 Å². The maximum Gasteiger partial charge on any atom is 0.282 e. The van der Waals surface area contributed by atoms with Gasteiger partial charge in [0.2, 0.25) is 0 Å². The standard InChI is InChI=1S/C24H22BrN3O5/c1-14-4-6-17(7-5-14)31-8-9-32-22-19(25)12-16(13-20(22)30-3)11-18-23(26)28-21(27-24(18)29)10-15(2)33-28/h4-7,10-13,26H,8-9H2,1-3H3/b18-11+,26-23?. The Morgan fingerprint density at radius 3 is 2.61 bits per heavy atom. The number of fused-ring (bicyclic) bond motifs is 1. The smallest absolute Gasteiger partial charge is 0.282 e. The molecule has 2 aromatic carbocycles. The van der Waals surface area contributed by atoms with Crippen molar-refractivity contribution in [1.82, 2.24) is 5.06 Å². The Morgan fingerprint density at radius 2 is 1.88 bits per heavy atom. The number of benzene rings is 2. The zero-order valence-electron chi connectivity index (χ0n) is 18.3. The van der Waals surface area contributed by atoms with Gasteiger partial charge in [0.25, 0.3) is 5.91 Å². The van der Waals surface area contributed by atoms with Crippen molar-refractivity contribution < 1.29 is 23.8 Å². The average molecular weight is 512 g/mol. The number of aryl methyl sites for hydroxylation is 1. The lowest BCUT2D eigenvalue weighted by atomic mass is 10.1. The van der Waals surface area contributed by atoms with Crippen molar-refractivity contribution >= 4 is 39.6 Å². The molecule has 0 unspecified atom stereocenters. The fraction of sp³-hybridized carbons (Fsp3) is 0.208. The Morgan fingerprint density at radius 1 is 1.15 bits per heavy atom. The van der Waals surface area contributed by atoms with Crippen LogP contribution in [0.25, 0.3) is 6.08 Å². The Bertz CT molecular complexity index is 1200. The maximum absolute atomic E-state index is 12.5. The molecule has 0 aliphatic carbocycles. The van der Waals surface area contributed by atoms with E-state index < -0.39 is 5.91 Å². The predicted molar refractivity (Wildman–Crippen MR) is 128 cm³/mol. The Labute approximate surface area is 199 Å². The molecular formula is C24H22BrN3O5. The second-order valence-electron chi connectivity index (χ2n) is 7.37. The molecule has 0 saturated heterocycles. The summed E-state index contributed by atoms with van der Waals surface area (Å²) in [6.07, 6.45) is 3.18. The van der Waals surface area contributed by atoms with Gasteiger partial charge in [0.05, 0.1) is 17.2 Å². The third-order valence-electron chi connectivity index (χ3n) is 4.86. The largest absolute Gasteiger partial charge is 0.493 e. The quantitative estimate of drug-likeness (QED) is 0.428. The molecule has 0 radical (unpaired) electrons. The van der Waals surface area contributed by atoms with Crippen molar-refractivity contribution in [2.24, 2.45) is 4.99 Å². The number of amides is 1. The van der Waals surface area contributed by atoms with Crippen LogP contribution in [0, 0.1) is 12.3 Å². The Hall–Kier alpha value is -3.59. The van der Waals surface area contributed by atoms with E-state index in [4.69, 9.17) is 24.5 Å². The summed E-state index contributed by atoms with van der Waals surface area (Å²) in [5.74, 6) is 2.03. The molecule has 1 amide bonds. The highest BCUT2D eigenvalue weighted by atomic mass is 79.9. The molecular weight excluding hydrogens is 490 g/mol. The van der Waals surface area contributed by atoms with Gasteiger partial charge in [0.1, 0.15) is 24.7 Å². The van der Waals surface area contributed by atoms with Crippen LogP contribution in [-0.4, -0.2) is 43.0 Å². The molecule has 8 nitrogen and oxygen atoms in total. The first-order valence-electron chi connectivity index (χ1n) is 10.2. The number of halogens is 1. The summed E-state index contributed by atoms with van der Waals surface area (Å²) in [5.41, 5.74) is 1.91. The predicted octanol–water partition coefficient (Wildman–Crippen LogP) is 4.67. The molecule has 0 saturated carbocycles. The number of carbonyl (C=O) groups excluding carboxylic acids is 1. The summed E-state index contributed by atoms with van der Waals surface area (Å²) >= 11 is 3.51. The molecule has 0 spiro atoms. The number of allylic oxidation sites excluding steroid dienone is 1. The summed E-state index contributed by atoms with van der Waals surface area (Å²) in [5, 5.41) is 9.57. The minimum absolute atomic E-state index is 0.0817. The molecule has 2 aliphatic rings. The van der Waals surface area contributed by atoms with E-state index in [9.17, 15) is 4.79 Å². The third kappa shape index (κ3) is 4.93. The summed E-state index contributed by atoms with van der Waals surface area (Å²) in [6.45, 7) is 4.42. The Kier molecular flexibility index (Phi) is 6.50. The molecule has 2 aliphatic heterocycles. The summed E-state index contributed by atoms with van der Waals surface area (Å²) in [4.78, 5) is 21.9. The lowest BCUT2D eigenvalue weighted by Crippen LogP contribution is -2.38. The number of rotatable bonds is 7. The van der Waals surface area contributed by atoms with Crippen LogP contribution in [0.1, 0.15) is 18.1 Å². The number of methoxy groups -OCH3 is 1. The number of aliphatic imine (C=N–C) groups is 1. The topological polar surface area (TPSA) is 93.4 Å². The molecule has 2 aromatic rings. The van der Waals surface area contributed by atoms with Crippen molar-refractivity contribution in [2.75, 3.05) is 20.3 Å². The van der Waals surface area contributed by atoms with Gasteiger partial charge in [0.15, 0.2) is 23.2 Å². The number of carbonyl (C=O) groups is 1. The normalized spacial score (nSPS) is 16.2. The van der Waals surface area contributed by atoms with Crippen molar-refractivity contribution in [3.63, 3.8) is 0 Å². The molecule has 170 valence electrons. The van der Waals surface area contributed by atoms with Crippen LogP contribution in [0.2, 0.25) is 0 Å². The molecule has 0 bridgehead atoms. The Balaban J connectivity index is 1.48.